The second-order valence-electron chi connectivity index (χ2n) is 4.54. The molecule has 112 valence electrons. The highest BCUT2D eigenvalue weighted by molar-refractivity contribution is 7.89. The first kappa shape index (κ1) is 15.4. The minimum atomic E-state index is -3.87. The van der Waals surface area contributed by atoms with Crippen molar-refractivity contribution in [2.24, 2.45) is 0 Å². The molecule has 0 saturated heterocycles. The normalized spacial score (nSPS) is 11.8. The summed E-state index contributed by atoms with van der Waals surface area (Å²) in [6, 6.07) is 9.05. The van der Waals surface area contributed by atoms with Gasteiger partial charge in [-0.2, -0.15) is 4.31 Å². The van der Waals surface area contributed by atoms with Crippen molar-refractivity contribution >= 4 is 15.7 Å². The van der Waals surface area contributed by atoms with E-state index in [1.807, 2.05) is 0 Å². The summed E-state index contributed by atoms with van der Waals surface area (Å²) in [5, 5.41) is 0. The number of nitrogens with zero attached hydrogens (tertiary/aromatic N) is 1. The first-order valence-electron chi connectivity index (χ1n) is 6.07. The Bertz CT molecular complexity index is 763. The molecular formula is C14H14F2N2O2S. The van der Waals surface area contributed by atoms with Gasteiger partial charge in [0.2, 0.25) is 10.0 Å². The summed E-state index contributed by atoms with van der Waals surface area (Å²) in [6.45, 7) is -0.133. The van der Waals surface area contributed by atoms with Crippen LogP contribution >= 0.6 is 0 Å². The first-order chi connectivity index (χ1) is 9.82. The number of benzene rings is 2. The quantitative estimate of drug-likeness (QED) is 0.882. The molecule has 0 bridgehead atoms. The van der Waals surface area contributed by atoms with Crippen LogP contribution in [-0.4, -0.2) is 19.8 Å². The number of anilines is 1. The van der Waals surface area contributed by atoms with E-state index in [4.69, 9.17) is 5.73 Å². The number of hydrogen-bond donors (Lipinski definition) is 1. The number of nitrogen functional groups attached to an aromatic ring is 1. The fourth-order valence-electron chi connectivity index (χ4n) is 1.81. The fourth-order valence-corrected chi connectivity index (χ4v) is 3.00. The van der Waals surface area contributed by atoms with Gasteiger partial charge in [-0.25, -0.2) is 17.2 Å². The van der Waals surface area contributed by atoms with Crippen LogP contribution in [0.5, 0.6) is 0 Å². The van der Waals surface area contributed by atoms with E-state index in [0.29, 0.717) is 0 Å². The maximum atomic E-state index is 13.6. The minimum Gasteiger partial charge on any atom is -0.396 e. The van der Waals surface area contributed by atoms with Gasteiger partial charge < -0.3 is 5.73 Å². The predicted octanol–water partition coefficient (Wildman–Crippen LogP) is 2.37. The molecule has 0 spiro atoms. The zero-order valence-electron chi connectivity index (χ0n) is 11.3. The minimum absolute atomic E-state index is 0.133. The summed E-state index contributed by atoms with van der Waals surface area (Å²) in [5.74, 6) is -1.18. The molecule has 21 heavy (non-hydrogen) atoms. The molecule has 0 unspecified atom stereocenters. The summed E-state index contributed by atoms with van der Waals surface area (Å²) in [7, 11) is -2.55. The Labute approximate surface area is 121 Å². The van der Waals surface area contributed by atoms with Crippen molar-refractivity contribution in [3.8, 4) is 0 Å². The summed E-state index contributed by atoms with van der Waals surface area (Å²) in [4.78, 5) is -0.139. The average Bonchev–Trinajstić information content (AvgIpc) is 2.44. The molecule has 2 rings (SSSR count). The average molecular weight is 312 g/mol. The van der Waals surface area contributed by atoms with Crippen molar-refractivity contribution in [2.45, 2.75) is 11.4 Å². The molecule has 0 aliphatic rings. The van der Waals surface area contributed by atoms with Crippen LogP contribution in [0.2, 0.25) is 0 Å². The third kappa shape index (κ3) is 3.20. The van der Waals surface area contributed by atoms with Gasteiger partial charge in [-0.3, -0.25) is 0 Å². The van der Waals surface area contributed by atoms with Crippen molar-refractivity contribution in [3.63, 3.8) is 0 Å². The first-order valence-corrected chi connectivity index (χ1v) is 7.51. The Morgan fingerprint density at radius 2 is 1.76 bits per heavy atom. The summed E-state index contributed by atoms with van der Waals surface area (Å²) < 4.78 is 52.3. The van der Waals surface area contributed by atoms with E-state index in [-0.39, 0.29) is 22.7 Å². The van der Waals surface area contributed by atoms with E-state index < -0.39 is 21.7 Å². The SMILES string of the molecule is CN(Cc1ccccc1F)S(=O)(=O)c1ccc(F)c(N)c1. The molecule has 0 heterocycles. The lowest BCUT2D eigenvalue weighted by molar-refractivity contribution is 0.456. The number of rotatable bonds is 4. The molecule has 0 saturated carbocycles. The highest BCUT2D eigenvalue weighted by Gasteiger charge is 2.22. The maximum absolute atomic E-state index is 13.6. The molecule has 0 aromatic heterocycles. The third-order valence-corrected chi connectivity index (χ3v) is 4.83. The molecule has 0 aliphatic heterocycles. The highest BCUT2D eigenvalue weighted by atomic mass is 32.2. The molecule has 0 atom stereocenters. The van der Waals surface area contributed by atoms with Crippen LogP contribution < -0.4 is 5.73 Å². The van der Waals surface area contributed by atoms with Gasteiger partial charge in [0.25, 0.3) is 0 Å². The fraction of sp³-hybridized carbons (Fsp3) is 0.143. The van der Waals surface area contributed by atoms with E-state index in [1.165, 1.54) is 25.2 Å². The molecule has 7 heteroatoms. The lowest BCUT2D eigenvalue weighted by Crippen LogP contribution is -2.27. The number of sulfonamides is 1. The van der Waals surface area contributed by atoms with Gasteiger partial charge in [0.1, 0.15) is 11.6 Å². The van der Waals surface area contributed by atoms with Crippen LogP contribution in [0.15, 0.2) is 47.4 Å². The molecule has 2 N–H and O–H groups in total. The zero-order chi connectivity index (χ0) is 15.6. The van der Waals surface area contributed by atoms with Gasteiger partial charge in [-0.1, -0.05) is 18.2 Å². The summed E-state index contributed by atoms with van der Waals surface area (Å²) in [6.07, 6.45) is 0. The van der Waals surface area contributed by atoms with Crippen molar-refractivity contribution in [2.75, 3.05) is 12.8 Å². The number of hydrogen-bond acceptors (Lipinski definition) is 3. The van der Waals surface area contributed by atoms with Gasteiger partial charge >= 0.3 is 0 Å². The topological polar surface area (TPSA) is 63.4 Å². The molecule has 0 amide bonds. The van der Waals surface area contributed by atoms with Gasteiger partial charge in [0.05, 0.1) is 10.6 Å². The van der Waals surface area contributed by atoms with Gasteiger partial charge in [-0.05, 0) is 24.3 Å². The van der Waals surface area contributed by atoms with E-state index in [2.05, 4.69) is 0 Å². The van der Waals surface area contributed by atoms with E-state index in [1.54, 1.807) is 6.07 Å². The highest BCUT2D eigenvalue weighted by Crippen LogP contribution is 2.21. The lowest BCUT2D eigenvalue weighted by atomic mass is 10.2. The zero-order valence-corrected chi connectivity index (χ0v) is 12.1. The van der Waals surface area contributed by atoms with Crippen molar-refractivity contribution in [1.29, 1.82) is 0 Å². The number of halogens is 2. The van der Waals surface area contributed by atoms with Gasteiger partial charge in [0, 0.05) is 19.2 Å². The molecule has 0 fully saturated rings. The van der Waals surface area contributed by atoms with E-state index >= 15 is 0 Å². The Morgan fingerprint density at radius 3 is 2.38 bits per heavy atom. The van der Waals surface area contributed by atoms with Crippen LogP contribution in [0.1, 0.15) is 5.56 Å². The monoisotopic (exact) mass is 312 g/mol. The molecule has 0 aliphatic carbocycles. The Kier molecular flexibility index (Phi) is 4.24. The molecule has 2 aromatic carbocycles. The standard InChI is InChI=1S/C14H14F2N2O2S/c1-18(9-10-4-2-3-5-12(10)15)21(19,20)11-6-7-13(16)14(17)8-11/h2-8H,9,17H2,1H3. The van der Waals surface area contributed by atoms with Crippen LogP contribution in [-0.2, 0) is 16.6 Å². The maximum Gasteiger partial charge on any atom is 0.243 e. The molecule has 0 radical (unpaired) electrons. The predicted molar refractivity (Wildman–Crippen MR) is 75.9 cm³/mol. The second kappa shape index (κ2) is 5.79. The van der Waals surface area contributed by atoms with Crippen LogP contribution in [0.3, 0.4) is 0 Å². The lowest BCUT2D eigenvalue weighted by Gasteiger charge is -2.18. The van der Waals surface area contributed by atoms with Gasteiger partial charge in [0.15, 0.2) is 0 Å². The smallest absolute Gasteiger partial charge is 0.243 e. The third-order valence-electron chi connectivity index (χ3n) is 3.03. The van der Waals surface area contributed by atoms with Gasteiger partial charge in [-0.15, -0.1) is 0 Å². The Balaban J connectivity index is 2.30. The van der Waals surface area contributed by atoms with Crippen molar-refractivity contribution in [3.05, 3.63) is 59.7 Å². The molecule has 4 nitrogen and oxygen atoms in total. The second-order valence-corrected chi connectivity index (χ2v) is 6.58. The summed E-state index contributed by atoms with van der Waals surface area (Å²) >= 11 is 0. The largest absolute Gasteiger partial charge is 0.396 e. The van der Waals surface area contributed by atoms with E-state index in [0.717, 1.165) is 22.5 Å². The number of nitrogens with two attached hydrogens (primary N) is 1. The van der Waals surface area contributed by atoms with E-state index in [9.17, 15) is 17.2 Å². The van der Waals surface area contributed by atoms with Crippen LogP contribution in [0, 0.1) is 11.6 Å². The molecule has 2 aromatic rings. The van der Waals surface area contributed by atoms with Crippen molar-refractivity contribution in [1.82, 2.24) is 4.31 Å². The van der Waals surface area contributed by atoms with Crippen LogP contribution in [0.25, 0.3) is 0 Å². The molecular weight excluding hydrogens is 298 g/mol. The Morgan fingerprint density at radius 1 is 1.10 bits per heavy atom. The Hall–Kier alpha value is -1.99. The summed E-state index contributed by atoms with van der Waals surface area (Å²) in [5.41, 5.74) is 5.37. The van der Waals surface area contributed by atoms with Crippen molar-refractivity contribution < 1.29 is 17.2 Å². The van der Waals surface area contributed by atoms with Crippen LogP contribution in [0.4, 0.5) is 14.5 Å².